The number of aliphatic hydroxyl groups is 1. The number of nitrogens with one attached hydrogen (secondary N) is 8. The second-order valence-corrected chi connectivity index (χ2v) is 14.4. The highest BCUT2D eigenvalue weighted by atomic mass is 16.3. The van der Waals surface area contributed by atoms with Gasteiger partial charge in [-0.1, -0.05) is 12.1 Å². The molecule has 56 heavy (non-hydrogen) atoms. The molecule has 0 aromatic heterocycles. The van der Waals surface area contributed by atoms with Crippen LogP contribution in [0.4, 0.5) is 0 Å². The number of phenols is 2. The molecule has 4 bridgehead atoms. The van der Waals surface area contributed by atoms with Gasteiger partial charge in [0.05, 0.1) is 12.1 Å². The molecule has 0 saturated carbocycles. The van der Waals surface area contributed by atoms with Crippen molar-refractivity contribution in [2.75, 3.05) is 60.9 Å². The van der Waals surface area contributed by atoms with Gasteiger partial charge in [0, 0.05) is 45.4 Å². The minimum atomic E-state index is -1.31. The number of likely N-dealkylation sites (N-methyl/N-ethyl adjacent to an activating group) is 3. The fourth-order valence-corrected chi connectivity index (χ4v) is 7.15. The zero-order chi connectivity index (χ0) is 40.8. The van der Waals surface area contributed by atoms with Crippen molar-refractivity contribution >= 4 is 29.5 Å². The van der Waals surface area contributed by atoms with Gasteiger partial charge in [-0.05, 0) is 107 Å². The van der Waals surface area contributed by atoms with Crippen LogP contribution < -0.4 is 42.5 Å². The van der Waals surface area contributed by atoms with Gasteiger partial charge in [-0.15, -0.1) is 0 Å². The summed E-state index contributed by atoms with van der Waals surface area (Å²) < 4.78 is 0. The predicted molar refractivity (Wildman–Crippen MR) is 211 cm³/mol. The number of hydrogen-bond acceptors (Lipinski definition) is 12. The second-order valence-electron chi connectivity index (χ2n) is 14.4. The molecular weight excluding hydrogens is 722 g/mol. The van der Waals surface area contributed by atoms with Crippen molar-refractivity contribution in [2.24, 2.45) is 0 Å². The molecule has 17 nitrogen and oxygen atoms in total. The van der Waals surface area contributed by atoms with Gasteiger partial charge < -0.3 is 62.8 Å². The molecular formula is C39H59N9O8. The first-order valence-corrected chi connectivity index (χ1v) is 19.3. The third kappa shape index (κ3) is 11.8. The number of likely N-dealkylation sites (tertiary alicyclic amines) is 1. The molecule has 17 heteroatoms. The minimum Gasteiger partial charge on any atom is -0.508 e. The maximum Gasteiger partial charge on any atom is 0.246 e. The summed E-state index contributed by atoms with van der Waals surface area (Å²) in [5.41, 5.74) is 2.13. The molecule has 2 aromatic rings. The SMILES string of the molecule is CNCCC[C@H](NC(=O)[C@@H]1CCCN1C(=O)[C@@H]1Cc2cc(ccc2O)-c2ccc(O)c(c2)C[C@H](NC)C(=O)N[C@@H](C[C@@H](O)CNC)C(=O)N1)C(=O)NCCNC. The van der Waals surface area contributed by atoms with E-state index in [1.807, 2.05) is 0 Å². The van der Waals surface area contributed by atoms with E-state index in [1.165, 1.54) is 17.0 Å². The highest BCUT2D eigenvalue weighted by Gasteiger charge is 2.40. The molecule has 11 N–H and O–H groups in total. The molecule has 0 aliphatic carbocycles. The number of fused-ring (bicyclic) bond motifs is 5. The fraction of sp³-hybridized carbons (Fsp3) is 0.564. The summed E-state index contributed by atoms with van der Waals surface area (Å²) in [6, 6.07) is 4.56. The van der Waals surface area contributed by atoms with Crippen LogP contribution >= 0.6 is 0 Å². The number of carbonyl (C=O) groups excluding carboxylic acids is 5. The van der Waals surface area contributed by atoms with Crippen molar-refractivity contribution in [3.63, 3.8) is 0 Å². The standard InChI is InChI=1S/C39H59N9O8/c1-40-13-5-7-28(35(52)44-15-14-41-2)45-38(55)32-8-6-16-48(32)39(56)31-20-26-18-24(10-12-34(26)51)23-9-11-33(50)25(17-23)19-29(43-4)36(53)46-30(37(54)47-31)21-27(49)22-42-3/h9-12,17-18,27-32,40-43,49-51H,5-8,13-16,19-22H2,1-4H3,(H,44,52)(H,45,55)(H,46,53)(H,47,54)/t27-,28+,29+,30+,31+,32+/m1/s1. The van der Waals surface area contributed by atoms with Gasteiger partial charge in [0.2, 0.25) is 29.5 Å². The normalized spacial score (nSPS) is 21.2. The topological polar surface area (TPSA) is 246 Å². The fourth-order valence-electron chi connectivity index (χ4n) is 7.15. The average Bonchev–Trinajstić information content (AvgIpc) is 3.67. The third-order valence-electron chi connectivity index (χ3n) is 10.3. The van der Waals surface area contributed by atoms with Crippen molar-refractivity contribution in [1.29, 1.82) is 0 Å². The van der Waals surface area contributed by atoms with E-state index in [0.717, 1.165) is 0 Å². The first kappa shape index (κ1) is 43.9. The number of hydrogen-bond donors (Lipinski definition) is 11. The molecule has 2 aliphatic heterocycles. The van der Waals surface area contributed by atoms with E-state index < -0.39 is 59.9 Å². The molecule has 2 heterocycles. The van der Waals surface area contributed by atoms with E-state index in [-0.39, 0.29) is 49.8 Å². The lowest BCUT2D eigenvalue weighted by molar-refractivity contribution is -0.142. The molecule has 5 amide bonds. The van der Waals surface area contributed by atoms with E-state index in [2.05, 4.69) is 42.5 Å². The van der Waals surface area contributed by atoms with Crippen LogP contribution in [0.3, 0.4) is 0 Å². The maximum atomic E-state index is 14.6. The Labute approximate surface area is 328 Å². The zero-order valence-corrected chi connectivity index (χ0v) is 32.7. The Morgan fingerprint density at radius 3 is 2.14 bits per heavy atom. The van der Waals surface area contributed by atoms with Crippen molar-refractivity contribution in [3.8, 4) is 22.6 Å². The number of nitrogens with zero attached hydrogens (tertiary/aromatic N) is 1. The lowest BCUT2D eigenvalue weighted by atomic mass is 9.95. The van der Waals surface area contributed by atoms with E-state index in [9.17, 15) is 39.3 Å². The van der Waals surface area contributed by atoms with Gasteiger partial charge >= 0.3 is 0 Å². The van der Waals surface area contributed by atoms with Crippen LogP contribution in [0.1, 0.15) is 43.2 Å². The number of rotatable bonds is 16. The molecule has 6 atom stereocenters. The molecule has 0 spiro atoms. The lowest BCUT2D eigenvalue weighted by Crippen LogP contribution is -2.59. The monoisotopic (exact) mass is 781 g/mol. The van der Waals surface area contributed by atoms with Crippen molar-refractivity contribution < 1.29 is 39.3 Å². The Balaban J connectivity index is 1.71. The Hall–Kier alpha value is -4.81. The number of aromatic hydroxyl groups is 2. The summed E-state index contributed by atoms with van der Waals surface area (Å²) in [6.07, 6.45) is 0.443. The molecule has 1 saturated heterocycles. The highest BCUT2D eigenvalue weighted by Crippen LogP contribution is 2.31. The van der Waals surface area contributed by atoms with Gasteiger partial charge in [-0.25, -0.2) is 0 Å². The first-order chi connectivity index (χ1) is 26.9. The van der Waals surface area contributed by atoms with Gasteiger partial charge in [-0.2, -0.15) is 0 Å². The van der Waals surface area contributed by atoms with Crippen LogP contribution in [0.15, 0.2) is 36.4 Å². The average molecular weight is 782 g/mol. The Kier molecular flexibility index (Phi) is 16.8. The molecule has 308 valence electrons. The largest absolute Gasteiger partial charge is 0.508 e. The lowest BCUT2D eigenvalue weighted by Gasteiger charge is -2.31. The summed E-state index contributed by atoms with van der Waals surface area (Å²) in [5.74, 6) is -2.89. The van der Waals surface area contributed by atoms with Crippen molar-refractivity contribution in [3.05, 3.63) is 47.5 Å². The van der Waals surface area contributed by atoms with Gasteiger partial charge in [0.1, 0.15) is 35.7 Å². The molecule has 0 unspecified atom stereocenters. The summed E-state index contributed by atoms with van der Waals surface area (Å²) in [6.45, 7) is 1.87. The van der Waals surface area contributed by atoms with E-state index in [4.69, 9.17) is 0 Å². The Morgan fingerprint density at radius 2 is 1.52 bits per heavy atom. The summed E-state index contributed by atoms with van der Waals surface area (Å²) in [7, 11) is 6.78. The van der Waals surface area contributed by atoms with Crippen LogP contribution in [-0.2, 0) is 36.8 Å². The van der Waals surface area contributed by atoms with Gasteiger partial charge in [0.15, 0.2) is 0 Å². The quantitative estimate of drug-likeness (QED) is 0.0846. The van der Waals surface area contributed by atoms with E-state index in [0.29, 0.717) is 67.6 Å². The number of phenolic OH excluding ortho intramolecular Hbond substituents is 2. The van der Waals surface area contributed by atoms with E-state index in [1.54, 1.807) is 52.5 Å². The smallest absolute Gasteiger partial charge is 0.246 e. The first-order valence-electron chi connectivity index (χ1n) is 19.3. The van der Waals surface area contributed by atoms with Crippen molar-refractivity contribution in [1.82, 2.24) is 47.4 Å². The van der Waals surface area contributed by atoms with E-state index >= 15 is 0 Å². The zero-order valence-electron chi connectivity index (χ0n) is 32.7. The molecule has 2 aliphatic rings. The number of aliphatic hydroxyl groups excluding tert-OH is 1. The number of amides is 5. The van der Waals surface area contributed by atoms with Crippen LogP contribution in [-0.4, -0.2) is 147 Å². The maximum absolute atomic E-state index is 14.6. The summed E-state index contributed by atoms with van der Waals surface area (Å²) in [5, 5.41) is 55.6. The van der Waals surface area contributed by atoms with Crippen LogP contribution in [0.2, 0.25) is 0 Å². The summed E-state index contributed by atoms with van der Waals surface area (Å²) in [4.78, 5) is 70.9. The van der Waals surface area contributed by atoms with Crippen LogP contribution in [0, 0.1) is 0 Å². The molecule has 1 fully saturated rings. The van der Waals surface area contributed by atoms with Crippen LogP contribution in [0.25, 0.3) is 11.1 Å². The molecule has 0 radical (unpaired) electrons. The predicted octanol–water partition coefficient (Wildman–Crippen LogP) is -1.80. The molecule has 4 rings (SSSR count). The van der Waals surface area contributed by atoms with Gasteiger partial charge in [-0.3, -0.25) is 24.0 Å². The second kappa shape index (κ2) is 21.5. The number of benzene rings is 2. The van der Waals surface area contributed by atoms with Crippen molar-refractivity contribution in [2.45, 2.75) is 81.3 Å². The third-order valence-corrected chi connectivity index (χ3v) is 10.3. The van der Waals surface area contributed by atoms with Gasteiger partial charge in [0.25, 0.3) is 0 Å². The Bertz CT molecular complexity index is 1680. The summed E-state index contributed by atoms with van der Waals surface area (Å²) >= 11 is 0. The minimum absolute atomic E-state index is 0.0302. The number of carbonyl (C=O) groups is 5. The van der Waals surface area contributed by atoms with Crippen LogP contribution in [0.5, 0.6) is 11.5 Å². The highest BCUT2D eigenvalue weighted by molar-refractivity contribution is 5.96. The Morgan fingerprint density at radius 1 is 0.857 bits per heavy atom. The molecule has 2 aromatic carbocycles.